The number of ether oxygens (including phenoxy) is 1. The molecule has 3 heteroatoms. The lowest BCUT2D eigenvalue weighted by Crippen LogP contribution is -1.99. The van der Waals surface area contributed by atoms with E-state index in [-0.39, 0.29) is 5.97 Å². The van der Waals surface area contributed by atoms with Crippen molar-refractivity contribution in [3.05, 3.63) is 77.9 Å². The Balaban J connectivity index is 2.17. The van der Waals surface area contributed by atoms with Crippen molar-refractivity contribution < 1.29 is 13.9 Å². The molecule has 0 unspecified atom stereocenters. The van der Waals surface area contributed by atoms with Crippen LogP contribution in [0.15, 0.2) is 71.2 Å². The van der Waals surface area contributed by atoms with Crippen LogP contribution in [0.1, 0.15) is 37.8 Å². The Bertz CT molecular complexity index is 921. The SMILES string of the molecule is CCCCc1c(-c2ccccc2)oc(-c2ccccc2)c1/C=C/C(=O)OCC. The highest BCUT2D eigenvalue weighted by molar-refractivity contribution is 5.90. The van der Waals surface area contributed by atoms with Crippen molar-refractivity contribution in [2.45, 2.75) is 33.1 Å². The molecule has 1 aromatic heterocycles. The second-order valence-electron chi connectivity index (χ2n) is 6.57. The number of rotatable bonds is 8. The molecule has 144 valence electrons. The second kappa shape index (κ2) is 9.75. The maximum atomic E-state index is 11.9. The molecule has 3 aromatic rings. The molecule has 28 heavy (non-hydrogen) atoms. The Labute approximate surface area is 166 Å². The van der Waals surface area contributed by atoms with Crippen molar-refractivity contribution in [2.24, 2.45) is 0 Å². The molecule has 0 bridgehead atoms. The third kappa shape index (κ3) is 4.61. The van der Waals surface area contributed by atoms with Gasteiger partial charge in [0.15, 0.2) is 0 Å². The highest BCUT2D eigenvalue weighted by Gasteiger charge is 2.20. The fourth-order valence-corrected chi connectivity index (χ4v) is 3.22. The van der Waals surface area contributed by atoms with Crippen molar-refractivity contribution in [3.63, 3.8) is 0 Å². The summed E-state index contributed by atoms with van der Waals surface area (Å²) >= 11 is 0. The standard InChI is InChI=1S/C25H26O3/c1-3-5-16-21-22(17-18-23(26)27-4-2)25(20-14-10-7-11-15-20)28-24(21)19-12-8-6-9-13-19/h6-15,17-18H,3-5,16H2,1-2H3/b18-17+. The number of carbonyl (C=O) groups excluding carboxylic acids is 1. The third-order valence-electron chi connectivity index (χ3n) is 4.57. The van der Waals surface area contributed by atoms with Gasteiger partial charge in [-0.05, 0) is 25.8 Å². The number of hydrogen-bond donors (Lipinski definition) is 0. The minimum atomic E-state index is -0.342. The minimum absolute atomic E-state index is 0.342. The van der Waals surface area contributed by atoms with Crippen LogP contribution >= 0.6 is 0 Å². The predicted molar refractivity (Wildman–Crippen MR) is 114 cm³/mol. The zero-order valence-electron chi connectivity index (χ0n) is 16.5. The first-order valence-electron chi connectivity index (χ1n) is 9.85. The fourth-order valence-electron chi connectivity index (χ4n) is 3.22. The van der Waals surface area contributed by atoms with Gasteiger partial charge in [-0.15, -0.1) is 0 Å². The lowest BCUT2D eigenvalue weighted by Gasteiger charge is -2.04. The zero-order valence-corrected chi connectivity index (χ0v) is 16.5. The summed E-state index contributed by atoms with van der Waals surface area (Å²) in [7, 11) is 0. The topological polar surface area (TPSA) is 39.4 Å². The number of carbonyl (C=O) groups is 1. The second-order valence-corrected chi connectivity index (χ2v) is 6.57. The Morgan fingerprint density at radius 1 is 0.929 bits per heavy atom. The Morgan fingerprint density at radius 2 is 1.54 bits per heavy atom. The Kier molecular flexibility index (Phi) is 6.85. The molecule has 0 N–H and O–H groups in total. The molecule has 0 fully saturated rings. The molecular weight excluding hydrogens is 348 g/mol. The summed E-state index contributed by atoms with van der Waals surface area (Å²) < 4.78 is 11.5. The highest BCUT2D eigenvalue weighted by atomic mass is 16.5. The third-order valence-corrected chi connectivity index (χ3v) is 4.57. The smallest absolute Gasteiger partial charge is 0.330 e. The fraction of sp³-hybridized carbons (Fsp3) is 0.240. The molecule has 0 atom stereocenters. The van der Waals surface area contributed by atoms with Crippen LogP contribution in [0.5, 0.6) is 0 Å². The van der Waals surface area contributed by atoms with E-state index in [0.29, 0.717) is 6.61 Å². The number of unbranched alkanes of at least 4 members (excludes halogenated alkanes) is 1. The van der Waals surface area contributed by atoms with Gasteiger partial charge in [-0.2, -0.15) is 0 Å². The lowest BCUT2D eigenvalue weighted by atomic mass is 9.97. The molecule has 0 aliphatic heterocycles. The summed E-state index contributed by atoms with van der Waals surface area (Å²) in [6.07, 6.45) is 6.35. The Morgan fingerprint density at radius 3 is 2.11 bits per heavy atom. The van der Waals surface area contributed by atoms with Crippen molar-refractivity contribution in [2.75, 3.05) is 6.61 Å². The highest BCUT2D eigenvalue weighted by Crippen LogP contribution is 2.39. The van der Waals surface area contributed by atoms with Gasteiger partial charge in [0.25, 0.3) is 0 Å². The van der Waals surface area contributed by atoms with Crippen LogP contribution in [0.4, 0.5) is 0 Å². The van der Waals surface area contributed by atoms with Crippen LogP contribution in [0.2, 0.25) is 0 Å². The first-order chi connectivity index (χ1) is 13.7. The van der Waals surface area contributed by atoms with E-state index in [1.165, 1.54) is 6.08 Å². The van der Waals surface area contributed by atoms with E-state index >= 15 is 0 Å². The molecule has 3 rings (SSSR count). The first kappa shape index (κ1) is 19.7. The molecule has 0 amide bonds. The van der Waals surface area contributed by atoms with Gasteiger partial charge in [0, 0.05) is 28.3 Å². The van der Waals surface area contributed by atoms with Gasteiger partial charge in [-0.1, -0.05) is 74.0 Å². The molecular formula is C25H26O3. The number of furan rings is 1. The van der Waals surface area contributed by atoms with Crippen molar-refractivity contribution in [1.29, 1.82) is 0 Å². The van der Waals surface area contributed by atoms with E-state index < -0.39 is 0 Å². The summed E-state index contributed by atoms with van der Waals surface area (Å²) in [6.45, 7) is 4.34. The summed E-state index contributed by atoms with van der Waals surface area (Å²) in [6, 6.07) is 20.2. The average Bonchev–Trinajstić information content (AvgIpc) is 3.10. The average molecular weight is 374 g/mol. The summed E-state index contributed by atoms with van der Waals surface area (Å²) in [4.78, 5) is 11.9. The van der Waals surface area contributed by atoms with Crippen LogP contribution in [-0.2, 0) is 16.0 Å². The van der Waals surface area contributed by atoms with Crippen molar-refractivity contribution in [1.82, 2.24) is 0 Å². The van der Waals surface area contributed by atoms with Crippen LogP contribution in [0.3, 0.4) is 0 Å². The molecule has 2 aromatic carbocycles. The van der Waals surface area contributed by atoms with E-state index in [1.54, 1.807) is 6.92 Å². The van der Waals surface area contributed by atoms with Gasteiger partial charge in [0.1, 0.15) is 11.5 Å². The molecule has 0 spiro atoms. The summed E-state index contributed by atoms with van der Waals surface area (Å²) in [5.41, 5.74) is 4.12. The largest absolute Gasteiger partial charge is 0.463 e. The molecule has 0 saturated heterocycles. The van der Waals surface area contributed by atoms with Gasteiger partial charge in [-0.25, -0.2) is 4.79 Å². The van der Waals surface area contributed by atoms with Crippen LogP contribution in [0.25, 0.3) is 28.7 Å². The Hall–Kier alpha value is -3.07. The molecule has 0 aliphatic carbocycles. The van der Waals surface area contributed by atoms with Gasteiger partial charge >= 0.3 is 5.97 Å². The molecule has 0 saturated carbocycles. The zero-order chi connectivity index (χ0) is 19.8. The quantitative estimate of drug-likeness (QED) is 0.332. The van der Waals surface area contributed by atoms with Crippen LogP contribution in [0, 0.1) is 0 Å². The predicted octanol–water partition coefficient (Wildman–Crippen LogP) is 6.53. The van der Waals surface area contributed by atoms with Gasteiger partial charge in [0.2, 0.25) is 0 Å². The molecule has 1 heterocycles. The molecule has 0 radical (unpaired) electrons. The van der Waals surface area contributed by atoms with Crippen molar-refractivity contribution in [3.8, 4) is 22.6 Å². The van der Waals surface area contributed by atoms with Gasteiger partial charge < -0.3 is 9.15 Å². The van der Waals surface area contributed by atoms with Gasteiger partial charge in [0.05, 0.1) is 6.61 Å². The normalized spacial score (nSPS) is 11.1. The van der Waals surface area contributed by atoms with Crippen LogP contribution < -0.4 is 0 Å². The van der Waals surface area contributed by atoms with E-state index in [1.807, 2.05) is 54.6 Å². The van der Waals surface area contributed by atoms with Crippen LogP contribution in [-0.4, -0.2) is 12.6 Å². The first-order valence-corrected chi connectivity index (χ1v) is 9.85. The van der Waals surface area contributed by atoms with Crippen molar-refractivity contribution >= 4 is 12.0 Å². The maximum Gasteiger partial charge on any atom is 0.330 e. The monoisotopic (exact) mass is 374 g/mol. The number of hydrogen-bond acceptors (Lipinski definition) is 3. The van der Waals surface area contributed by atoms with E-state index in [0.717, 1.165) is 53.0 Å². The summed E-state index contributed by atoms with van der Waals surface area (Å²) in [5, 5.41) is 0. The number of esters is 1. The lowest BCUT2D eigenvalue weighted by molar-refractivity contribution is -0.137. The van der Waals surface area contributed by atoms with E-state index in [2.05, 4.69) is 19.1 Å². The van der Waals surface area contributed by atoms with Gasteiger partial charge in [-0.3, -0.25) is 0 Å². The van der Waals surface area contributed by atoms with E-state index in [4.69, 9.17) is 9.15 Å². The van der Waals surface area contributed by atoms with E-state index in [9.17, 15) is 4.79 Å². The number of benzene rings is 2. The molecule has 3 nitrogen and oxygen atoms in total. The minimum Gasteiger partial charge on any atom is -0.463 e. The molecule has 0 aliphatic rings. The summed E-state index contributed by atoms with van der Waals surface area (Å²) in [5.74, 6) is 1.31. The maximum absolute atomic E-state index is 11.9.